The van der Waals surface area contributed by atoms with Gasteiger partial charge in [-0.15, -0.1) is 11.3 Å². The zero-order valence-electron chi connectivity index (χ0n) is 9.71. The van der Waals surface area contributed by atoms with E-state index in [1.54, 1.807) is 0 Å². The van der Waals surface area contributed by atoms with E-state index in [0.29, 0.717) is 0 Å². The van der Waals surface area contributed by atoms with Crippen molar-refractivity contribution in [2.75, 3.05) is 0 Å². The van der Waals surface area contributed by atoms with Gasteiger partial charge in [-0.1, -0.05) is 6.07 Å². The van der Waals surface area contributed by atoms with Gasteiger partial charge in [-0.3, -0.25) is 0 Å². The van der Waals surface area contributed by atoms with Crippen LogP contribution in [0.15, 0.2) is 28.7 Å². The van der Waals surface area contributed by atoms with Crippen molar-refractivity contribution in [3.8, 4) is 0 Å². The fraction of sp³-hybridized carbons (Fsp3) is 0.231. The normalized spacial score (nSPS) is 12.7. The Kier molecular flexibility index (Phi) is 4.14. The summed E-state index contributed by atoms with van der Waals surface area (Å²) in [4.78, 5) is 2.02. The smallest absolute Gasteiger partial charge is 0.129 e. The summed E-state index contributed by atoms with van der Waals surface area (Å²) in [6.07, 6.45) is 0.150. The highest BCUT2D eigenvalue weighted by molar-refractivity contribution is 9.10. The standard InChI is InChI=1S/C13H12BrF2NS/c1-7-5-9(14)13(18-7)12(17)6-8-10(15)3-2-4-11(8)16/h2-5,12H,6,17H2,1H3. The van der Waals surface area contributed by atoms with E-state index in [9.17, 15) is 8.78 Å². The quantitative estimate of drug-likeness (QED) is 0.889. The Morgan fingerprint density at radius 3 is 2.44 bits per heavy atom. The van der Waals surface area contributed by atoms with Crippen molar-refractivity contribution in [1.82, 2.24) is 0 Å². The highest BCUT2D eigenvalue weighted by Gasteiger charge is 2.17. The summed E-state index contributed by atoms with van der Waals surface area (Å²) in [5.74, 6) is -1.09. The topological polar surface area (TPSA) is 26.0 Å². The van der Waals surface area contributed by atoms with Gasteiger partial charge in [0.05, 0.1) is 0 Å². The van der Waals surface area contributed by atoms with Gasteiger partial charge in [0.25, 0.3) is 0 Å². The van der Waals surface area contributed by atoms with Gasteiger partial charge in [0.15, 0.2) is 0 Å². The molecule has 0 saturated carbocycles. The largest absolute Gasteiger partial charge is 0.323 e. The van der Waals surface area contributed by atoms with E-state index in [1.165, 1.54) is 29.5 Å². The molecule has 1 heterocycles. The molecule has 5 heteroatoms. The van der Waals surface area contributed by atoms with Crippen molar-refractivity contribution in [2.45, 2.75) is 19.4 Å². The van der Waals surface area contributed by atoms with E-state index in [-0.39, 0.29) is 12.0 Å². The number of benzene rings is 1. The summed E-state index contributed by atoms with van der Waals surface area (Å²) in [5, 5.41) is 0. The van der Waals surface area contributed by atoms with Crippen molar-refractivity contribution in [2.24, 2.45) is 5.73 Å². The molecule has 0 amide bonds. The Morgan fingerprint density at radius 1 is 1.33 bits per heavy atom. The van der Waals surface area contributed by atoms with Crippen LogP contribution in [-0.4, -0.2) is 0 Å². The second-order valence-electron chi connectivity index (χ2n) is 4.08. The van der Waals surface area contributed by atoms with E-state index in [0.717, 1.165) is 14.2 Å². The fourth-order valence-electron chi connectivity index (χ4n) is 1.79. The van der Waals surface area contributed by atoms with Gasteiger partial charge in [-0.2, -0.15) is 0 Å². The molecule has 2 rings (SSSR count). The molecule has 0 aliphatic heterocycles. The lowest BCUT2D eigenvalue weighted by Crippen LogP contribution is -2.14. The molecule has 2 aromatic rings. The molecule has 1 aromatic heterocycles. The lowest BCUT2D eigenvalue weighted by Gasteiger charge is -2.12. The molecule has 0 radical (unpaired) electrons. The first-order valence-electron chi connectivity index (χ1n) is 5.43. The molecule has 0 aliphatic carbocycles. The van der Waals surface area contributed by atoms with Gasteiger partial charge in [0.2, 0.25) is 0 Å². The molecule has 96 valence electrons. The third kappa shape index (κ3) is 2.79. The Bertz CT molecular complexity index is 548. The first-order chi connectivity index (χ1) is 8.49. The van der Waals surface area contributed by atoms with Gasteiger partial charge in [0.1, 0.15) is 11.6 Å². The van der Waals surface area contributed by atoms with Gasteiger partial charge in [-0.25, -0.2) is 8.78 Å². The molecular formula is C13H12BrF2NS. The van der Waals surface area contributed by atoms with Crippen molar-refractivity contribution >= 4 is 27.3 Å². The Hall–Kier alpha value is -0.780. The number of nitrogens with two attached hydrogens (primary N) is 1. The number of hydrogen-bond donors (Lipinski definition) is 1. The molecule has 1 aromatic carbocycles. The van der Waals surface area contributed by atoms with Crippen LogP contribution in [-0.2, 0) is 6.42 Å². The fourth-order valence-corrected chi connectivity index (χ4v) is 3.74. The van der Waals surface area contributed by atoms with Crippen molar-refractivity contribution in [3.05, 3.63) is 55.7 Å². The number of aryl methyl sites for hydroxylation is 1. The molecule has 0 spiro atoms. The van der Waals surface area contributed by atoms with Crippen LogP contribution < -0.4 is 5.73 Å². The van der Waals surface area contributed by atoms with Crippen LogP contribution in [0.1, 0.15) is 21.4 Å². The maximum Gasteiger partial charge on any atom is 0.129 e. The first-order valence-corrected chi connectivity index (χ1v) is 7.04. The predicted octanol–water partition coefficient (Wildman–Crippen LogP) is 4.34. The molecular weight excluding hydrogens is 320 g/mol. The summed E-state index contributed by atoms with van der Waals surface area (Å²) in [5.41, 5.74) is 6.07. The average molecular weight is 332 g/mol. The maximum atomic E-state index is 13.5. The Morgan fingerprint density at radius 2 is 1.94 bits per heavy atom. The average Bonchev–Trinajstić information content (AvgIpc) is 2.63. The van der Waals surface area contributed by atoms with Crippen LogP contribution in [0.2, 0.25) is 0 Å². The van der Waals surface area contributed by atoms with Gasteiger partial charge in [-0.05, 0) is 47.5 Å². The zero-order chi connectivity index (χ0) is 13.3. The van der Waals surface area contributed by atoms with Crippen LogP contribution in [0.4, 0.5) is 8.78 Å². The van der Waals surface area contributed by atoms with Crippen molar-refractivity contribution in [3.63, 3.8) is 0 Å². The molecule has 1 nitrogen and oxygen atoms in total. The van der Waals surface area contributed by atoms with Crippen LogP contribution >= 0.6 is 27.3 Å². The lowest BCUT2D eigenvalue weighted by atomic mass is 10.0. The predicted molar refractivity (Wildman–Crippen MR) is 73.7 cm³/mol. The number of thiophene rings is 1. The third-order valence-electron chi connectivity index (χ3n) is 2.66. The lowest BCUT2D eigenvalue weighted by molar-refractivity contribution is 0.541. The number of halogens is 3. The SMILES string of the molecule is Cc1cc(Br)c(C(N)Cc2c(F)cccc2F)s1. The summed E-state index contributed by atoms with van der Waals surface area (Å²) in [6, 6.07) is 5.40. The Labute approximate surface area is 117 Å². The van der Waals surface area contributed by atoms with Crippen LogP contribution in [0.25, 0.3) is 0 Å². The minimum atomic E-state index is -0.546. The first kappa shape index (κ1) is 13.6. The third-order valence-corrected chi connectivity index (χ3v) is 4.76. The molecule has 1 atom stereocenters. The van der Waals surface area contributed by atoms with Crippen molar-refractivity contribution in [1.29, 1.82) is 0 Å². The summed E-state index contributed by atoms with van der Waals surface area (Å²) < 4.78 is 28.0. The summed E-state index contributed by atoms with van der Waals surface area (Å²) >= 11 is 4.95. The van der Waals surface area contributed by atoms with E-state index in [4.69, 9.17) is 5.73 Å². The van der Waals surface area contributed by atoms with Crippen LogP contribution in [0.3, 0.4) is 0 Å². The summed E-state index contributed by atoms with van der Waals surface area (Å²) in [6.45, 7) is 1.97. The second kappa shape index (κ2) is 5.47. The van der Waals surface area contributed by atoms with E-state index in [1.807, 2.05) is 13.0 Å². The molecule has 1 unspecified atom stereocenters. The zero-order valence-corrected chi connectivity index (χ0v) is 12.1. The highest BCUT2D eigenvalue weighted by atomic mass is 79.9. The molecule has 0 saturated heterocycles. The molecule has 0 bridgehead atoms. The van der Waals surface area contributed by atoms with Gasteiger partial charge >= 0.3 is 0 Å². The van der Waals surface area contributed by atoms with E-state index >= 15 is 0 Å². The van der Waals surface area contributed by atoms with E-state index < -0.39 is 17.7 Å². The maximum absolute atomic E-state index is 13.5. The minimum absolute atomic E-state index is 0.0444. The molecule has 2 N–H and O–H groups in total. The van der Waals surface area contributed by atoms with Crippen LogP contribution in [0, 0.1) is 18.6 Å². The van der Waals surface area contributed by atoms with Gasteiger partial charge < -0.3 is 5.73 Å². The number of rotatable bonds is 3. The highest BCUT2D eigenvalue weighted by Crippen LogP contribution is 2.33. The van der Waals surface area contributed by atoms with Crippen molar-refractivity contribution < 1.29 is 8.78 Å². The molecule has 0 aliphatic rings. The monoisotopic (exact) mass is 331 g/mol. The van der Waals surface area contributed by atoms with Gasteiger partial charge in [0, 0.05) is 25.8 Å². The number of hydrogen-bond acceptors (Lipinski definition) is 2. The minimum Gasteiger partial charge on any atom is -0.323 e. The summed E-state index contributed by atoms with van der Waals surface area (Å²) in [7, 11) is 0. The molecule has 18 heavy (non-hydrogen) atoms. The van der Waals surface area contributed by atoms with Crippen LogP contribution in [0.5, 0.6) is 0 Å². The molecule has 0 fully saturated rings. The Balaban J connectivity index is 2.26. The second-order valence-corrected chi connectivity index (χ2v) is 6.22. The van der Waals surface area contributed by atoms with E-state index in [2.05, 4.69) is 15.9 Å².